The molecule has 1 unspecified atom stereocenters. The fourth-order valence-electron chi connectivity index (χ4n) is 5.79. The van der Waals surface area contributed by atoms with Crippen LogP contribution in [0.4, 0.5) is 0 Å². The molecule has 3 heterocycles. The molecule has 1 aliphatic heterocycles. The van der Waals surface area contributed by atoms with E-state index >= 15 is 0 Å². The molecule has 0 radical (unpaired) electrons. The first kappa shape index (κ1) is 33.2. The Labute approximate surface area is 286 Å². The standard InChI is InChI=1S/C37H34N4O7S/c1-7-47-28-15-13-24(17-21(28)2)33-26(20-40(39-33)27-11-9-8-10-12-27)19-31-35(43)41-34(32(36(44)46-6)22(3)38-37(41)49-31)25-14-16-29(48-23(4)42)30(18-25)45-5/h8-20,34H,7H2,1-6H3/b31-19-. The van der Waals surface area contributed by atoms with Gasteiger partial charge >= 0.3 is 11.9 Å². The van der Waals surface area contributed by atoms with E-state index in [9.17, 15) is 14.4 Å². The summed E-state index contributed by atoms with van der Waals surface area (Å²) in [6, 6.07) is 19.6. The van der Waals surface area contributed by atoms with E-state index < -0.39 is 18.0 Å². The van der Waals surface area contributed by atoms with Crippen LogP contribution in [-0.2, 0) is 14.3 Å². The van der Waals surface area contributed by atoms with Crippen LogP contribution < -0.4 is 29.1 Å². The van der Waals surface area contributed by atoms with Crippen molar-refractivity contribution >= 4 is 29.4 Å². The number of aryl methyl sites for hydroxylation is 1. The van der Waals surface area contributed by atoms with E-state index in [2.05, 4.69) is 4.99 Å². The number of thiazole rings is 1. The van der Waals surface area contributed by atoms with Gasteiger partial charge in [0.2, 0.25) is 0 Å². The third kappa shape index (κ3) is 6.42. The van der Waals surface area contributed by atoms with Gasteiger partial charge < -0.3 is 18.9 Å². The number of nitrogens with zero attached hydrogens (tertiary/aromatic N) is 4. The molecule has 5 aromatic rings. The maximum absolute atomic E-state index is 14.4. The zero-order valence-electron chi connectivity index (χ0n) is 27.8. The molecule has 250 valence electrons. The van der Waals surface area contributed by atoms with Crippen LogP contribution in [0.3, 0.4) is 0 Å². The average molecular weight is 679 g/mol. The molecule has 49 heavy (non-hydrogen) atoms. The van der Waals surface area contributed by atoms with Crippen molar-refractivity contribution in [1.29, 1.82) is 0 Å². The van der Waals surface area contributed by atoms with E-state index in [1.807, 2.05) is 68.6 Å². The summed E-state index contributed by atoms with van der Waals surface area (Å²) in [4.78, 5) is 44.4. The minimum atomic E-state index is -0.897. The molecular formula is C37H34N4O7S. The second-order valence-corrected chi connectivity index (χ2v) is 12.2. The Kier molecular flexibility index (Phi) is 9.32. The molecule has 0 aliphatic carbocycles. The molecule has 0 saturated heterocycles. The average Bonchev–Trinajstić information content (AvgIpc) is 3.65. The maximum Gasteiger partial charge on any atom is 0.338 e. The fraction of sp³-hybridized carbons (Fsp3) is 0.216. The molecule has 11 nitrogen and oxygen atoms in total. The van der Waals surface area contributed by atoms with Crippen LogP contribution in [-0.4, -0.2) is 47.1 Å². The van der Waals surface area contributed by atoms with Gasteiger partial charge in [-0.05, 0) is 80.4 Å². The molecular weight excluding hydrogens is 644 g/mol. The Balaban J connectivity index is 1.55. The lowest BCUT2D eigenvalue weighted by molar-refractivity contribution is -0.136. The van der Waals surface area contributed by atoms with E-state index in [-0.39, 0.29) is 22.6 Å². The molecule has 0 spiro atoms. The quantitative estimate of drug-likeness (QED) is 0.159. The van der Waals surface area contributed by atoms with Gasteiger partial charge in [0, 0.05) is 24.2 Å². The number of benzene rings is 3. The molecule has 0 saturated carbocycles. The van der Waals surface area contributed by atoms with Crippen LogP contribution in [0.1, 0.15) is 43.5 Å². The first-order valence-corrected chi connectivity index (χ1v) is 16.3. The molecule has 6 rings (SSSR count). The number of methoxy groups -OCH3 is 2. The van der Waals surface area contributed by atoms with Gasteiger partial charge in [-0.3, -0.25) is 14.2 Å². The van der Waals surface area contributed by atoms with Gasteiger partial charge in [-0.15, -0.1) is 0 Å². The lowest BCUT2D eigenvalue weighted by Crippen LogP contribution is -2.39. The van der Waals surface area contributed by atoms with E-state index in [1.54, 1.807) is 35.9 Å². The summed E-state index contributed by atoms with van der Waals surface area (Å²) >= 11 is 1.21. The van der Waals surface area contributed by atoms with Crippen LogP contribution in [0.25, 0.3) is 23.0 Å². The number of carbonyl (C=O) groups excluding carboxylic acids is 2. The first-order valence-electron chi connectivity index (χ1n) is 15.5. The number of para-hydroxylation sites is 1. The summed E-state index contributed by atoms with van der Waals surface area (Å²) in [5.41, 5.74) is 4.86. The van der Waals surface area contributed by atoms with Crippen molar-refractivity contribution in [1.82, 2.24) is 14.3 Å². The van der Waals surface area contributed by atoms with E-state index in [0.29, 0.717) is 38.5 Å². The van der Waals surface area contributed by atoms with Crippen LogP contribution >= 0.6 is 11.3 Å². The molecule has 1 aliphatic rings. The van der Waals surface area contributed by atoms with Gasteiger partial charge in [-0.2, -0.15) is 5.10 Å². The van der Waals surface area contributed by atoms with Crippen molar-refractivity contribution in [3.8, 4) is 34.2 Å². The van der Waals surface area contributed by atoms with Gasteiger partial charge in [-0.1, -0.05) is 35.6 Å². The largest absolute Gasteiger partial charge is 0.494 e. The molecule has 12 heteroatoms. The summed E-state index contributed by atoms with van der Waals surface area (Å²) in [6.07, 6.45) is 3.69. The summed E-state index contributed by atoms with van der Waals surface area (Å²) < 4.78 is 25.4. The van der Waals surface area contributed by atoms with Crippen LogP contribution in [0, 0.1) is 6.92 Å². The molecule has 0 bridgehead atoms. The third-order valence-corrected chi connectivity index (χ3v) is 8.97. The maximum atomic E-state index is 14.4. The number of hydrogen-bond donors (Lipinski definition) is 0. The summed E-state index contributed by atoms with van der Waals surface area (Å²) in [6.45, 7) is 7.47. The zero-order valence-corrected chi connectivity index (χ0v) is 28.7. The third-order valence-electron chi connectivity index (χ3n) is 7.98. The number of aromatic nitrogens is 3. The van der Waals surface area contributed by atoms with Crippen molar-refractivity contribution in [2.45, 2.75) is 33.7 Å². The molecule has 3 aromatic carbocycles. The first-order chi connectivity index (χ1) is 23.6. The van der Waals surface area contributed by atoms with Crippen molar-refractivity contribution in [3.05, 3.63) is 121 Å². The second kappa shape index (κ2) is 13.8. The molecule has 0 amide bonds. The van der Waals surface area contributed by atoms with Crippen molar-refractivity contribution in [2.75, 3.05) is 20.8 Å². The zero-order chi connectivity index (χ0) is 34.8. The van der Waals surface area contributed by atoms with Gasteiger partial charge in [-0.25, -0.2) is 14.5 Å². The summed E-state index contributed by atoms with van der Waals surface area (Å²) in [5, 5.41) is 4.94. The number of allylic oxidation sites excluding steroid dienone is 1. The molecule has 2 aromatic heterocycles. The highest BCUT2D eigenvalue weighted by molar-refractivity contribution is 7.07. The van der Waals surface area contributed by atoms with E-state index in [4.69, 9.17) is 24.0 Å². The second-order valence-electron chi connectivity index (χ2n) is 11.2. The smallest absolute Gasteiger partial charge is 0.338 e. The van der Waals surface area contributed by atoms with E-state index in [1.165, 1.54) is 37.0 Å². The predicted octanol–water partition coefficient (Wildman–Crippen LogP) is 4.90. The Bertz CT molecular complexity index is 2300. The Hall–Kier alpha value is -5.75. The molecule has 0 fully saturated rings. The van der Waals surface area contributed by atoms with Gasteiger partial charge in [0.15, 0.2) is 16.3 Å². The SMILES string of the molecule is CCOc1ccc(-c2nn(-c3ccccc3)cc2/C=c2\sc3n(c2=O)C(c2ccc(OC(C)=O)c(OC)c2)C(C(=O)OC)=C(C)N=3)cc1C. The molecule has 1 atom stereocenters. The summed E-state index contributed by atoms with van der Waals surface area (Å²) in [7, 11) is 2.72. The normalized spacial score (nSPS) is 14.2. The van der Waals surface area contributed by atoms with Crippen LogP contribution in [0.5, 0.6) is 17.2 Å². The topological polar surface area (TPSA) is 123 Å². The highest BCUT2D eigenvalue weighted by atomic mass is 32.1. The van der Waals surface area contributed by atoms with Crippen molar-refractivity contribution in [2.24, 2.45) is 4.99 Å². The van der Waals surface area contributed by atoms with Gasteiger partial charge in [0.05, 0.1) is 48.4 Å². The Morgan fingerprint density at radius 3 is 2.41 bits per heavy atom. The van der Waals surface area contributed by atoms with Crippen LogP contribution in [0.2, 0.25) is 0 Å². The minimum absolute atomic E-state index is 0.200. The number of carbonyl (C=O) groups is 2. The van der Waals surface area contributed by atoms with Crippen molar-refractivity contribution in [3.63, 3.8) is 0 Å². The van der Waals surface area contributed by atoms with E-state index in [0.717, 1.165) is 22.6 Å². The lowest BCUT2D eigenvalue weighted by atomic mass is 9.95. The fourth-order valence-corrected chi connectivity index (χ4v) is 6.82. The van der Waals surface area contributed by atoms with Crippen LogP contribution in [0.15, 0.2) is 94.0 Å². The number of hydrogen-bond acceptors (Lipinski definition) is 10. The Morgan fingerprint density at radius 1 is 0.980 bits per heavy atom. The summed E-state index contributed by atoms with van der Waals surface area (Å²) in [5.74, 6) is 0.121. The number of fused-ring (bicyclic) bond motifs is 1. The van der Waals surface area contributed by atoms with Crippen molar-refractivity contribution < 1.29 is 28.5 Å². The Morgan fingerprint density at radius 2 is 1.73 bits per heavy atom. The monoisotopic (exact) mass is 678 g/mol. The van der Waals surface area contributed by atoms with Gasteiger partial charge in [0.1, 0.15) is 11.4 Å². The number of ether oxygens (including phenoxy) is 4. The van der Waals surface area contributed by atoms with Gasteiger partial charge in [0.25, 0.3) is 5.56 Å². The minimum Gasteiger partial charge on any atom is -0.494 e. The lowest BCUT2D eigenvalue weighted by Gasteiger charge is -2.25. The predicted molar refractivity (Wildman–Crippen MR) is 185 cm³/mol. The highest BCUT2D eigenvalue weighted by Gasteiger charge is 2.34. The molecule has 0 N–H and O–H groups in total. The number of esters is 2. The highest BCUT2D eigenvalue weighted by Crippen LogP contribution is 2.36. The number of rotatable bonds is 9.